The van der Waals surface area contributed by atoms with E-state index in [1.54, 1.807) is 0 Å². The molecule has 1 aliphatic rings. The summed E-state index contributed by atoms with van der Waals surface area (Å²) in [6.07, 6.45) is -4.13. The minimum atomic E-state index is -4.67. The van der Waals surface area contributed by atoms with Crippen molar-refractivity contribution in [3.63, 3.8) is 0 Å². The number of amides is 1. The van der Waals surface area contributed by atoms with Gasteiger partial charge in [0, 0.05) is 6.54 Å². The molecule has 3 rings (SSSR count). The summed E-state index contributed by atoms with van der Waals surface area (Å²) in [6.45, 7) is 0.0404. The number of anilines is 1. The van der Waals surface area contributed by atoms with E-state index in [4.69, 9.17) is 0 Å². The van der Waals surface area contributed by atoms with E-state index in [0.29, 0.717) is 6.42 Å². The molecule has 5 nitrogen and oxygen atoms in total. The quantitative estimate of drug-likeness (QED) is 0.774. The van der Waals surface area contributed by atoms with Crippen LogP contribution in [0.3, 0.4) is 0 Å². The second-order valence-corrected chi connectivity index (χ2v) is 8.15. The summed E-state index contributed by atoms with van der Waals surface area (Å²) in [7, 11) is -4.10. The number of hydrogen-bond acceptors (Lipinski definition) is 3. The number of hydrogen-bond donors (Lipinski definition) is 1. The van der Waals surface area contributed by atoms with Crippen molar-refractivity contribution >= 4 is 21.6 Å². The Hall–Kier alpha value is -2.46. The van der Waals surface area contributed by atoms with Crippen LogP contribution in [0.1, 0.15) is 18.4 Å². The Morgan fingerprint density at radius 1 is 1.07 bits per heavy atom. The third kappa shape index (κ3) is 4.02. The molecule has 1 amide bonds. The lowest BCUT2D eigenvalue weighted by atomic mass is 10.1. The van der Waals surface area contributed by atoms with Crippen molar-refractivity contribution in [2.45, 2.75) is 30.0 Å². The summed E-state index contributed by atoms with van der Waals surface area (Å²) in [4.78, 5) is 12.4. The van der Waals surface area contributed by atoms with Gasteiger partial charge in [-0.15, -0.1) is 0 Å². The molecule has 10 heteroatoms. The number of carbonyl (C=O) groups excluding carboxylic acids is 1. The summed E-state index contributed by atoms with van der Waals surface area (Å²) in [6, 6.07) is 7.44. The van der Waals surface area contributed by atoms with Crippen LogP contribution in [0.5, 0.6) is 0 Å². The first kappa shape index (κ1) is 20.3. The SMILES string of the molecule is O=C(Nc1ccccc1C(F)(F)F)[C@@H]1CCCN1S(=O)(=O)c1ccc(F)cc1. The van der Waals surface area contributed by atoms with Gasteiger partial charge >= 0.3 is 6.18 Å². The predicted molar refractivity (Wildman–Crippen MR) is 93.4 cm³/mol. The maximum atomic E-state index is 13.1. The minimum Gasteiger partial charge on any atom is -0.324 e. The van der Waals surface area contributed by atoms with Gasteiger partial charge in [0.15, 0.2) is 0 Å². The Morgan fingerprint density at radius 2 is 1.71 bits per heavy atom. The second-order valence-electron chi connectivity index (χ2n) is 6.26. The van der Waals surface area contributed by atoms with E-state index in [9.17, 15) is 30.8 Å². The van der Waals surface area contributed by atoms with Gasteiger partial charge in [0.25, 0.3) is 0 Å². The first-order valence-electron chi connectivity index (χ1n) is 8.35. The number of nitrogens with zero attached hydrogens (tertiary/aromatic N) is 1. The van der Waals surface area contributed by atoms with E-state index in [1.165, 1.54) is 12.1 Å². The van der Waals surface area contributed by atoms with Crippen LogP contribution < -0.4 is 5.32 Å². The first-order valence-corrected chi connectivity index (χ1v) is 9.79. The average molecular weight is 416 g/mol. The molecule has 28 heavy (non-hydrogen) atoms. The van der Waals surface area contributed by atoms with E-state index < -0.39 is 45.2 Å². The second kappa shape index (κ2) is 7.51. The van der Waals surface area contributed by atoms with Crippen LogP contribution in [-0.2, 0) is 21.0 Å². The Balaban J connectivity index is 1.86. The number of rotatable bonds is 4. The third-order valence-corrected chi connectivity index (χ3v) is 6.34. The van der Waals surface area contributed by atoms with E-state index in [0.717, 1.165) is 40.7 Å². The number of halogens is 4. The lowest BCUT2D eigenvalue weighted by Gasteiger charge is -2.24. The van der Waals surface area contributed by atoms with Gasteiger partial charge in [0.1, 0.15) is 11.9 Å². The largest absolute Gasteiger partial charge is 0.418 e. The fourth-order valence-electron chi connectivity index (χ4n) is 3.09. The highest BCUT2D eigenvalue weighted by atomic mass is 32.2. The molecule has 0 aliphatic carbocycles. The van der Waals surface area contributed by atoms with Crippen LogP contribution >= 0.6 is 0 Å². The van der Waals surface area contributed by atoms with Crippen molar-refractivity contribution in [3.05, 3.63) is 59.9 Å². The number of benzene rings is 2. The molecular formula is C18H16F4N2O3S. The van der Waals surface area contributed by atoms with Crippen LogP contribution in [0, 0.1) is 5.82 Å². The van der Waals surface area contributed by atoms with Gasteiger partial charge < -0.3 is 5.32 Å². The molecule has 1 N–H and O–H groups in total. The van der Waals surface area contributed by atoms with Gasteiger partial charge in [-0.25, -0.2) is 12.8 Å². The minimum absolute atomic E-state index is 0.0404. The normalized spacial score (nSPS) is 18.2. The highest BCUT2D eigenvalue weighted by molar-refractivity contribution is 7.89. The van der Waals surface area contributed by atoms with Gasteiger partial charge in [-0.2, -0.15) is 17.5 Å². The van der Waals surface area contributed by atoms with Crippen molar-refractivity contribution in [1.82, 2.24) is 4.31 Å². The molecule has 2 aromatic rings. The van der Waals surface area contributed by atoms with Gasteiger partial charge in [-0.3, -0.25) is 4.79 Å². The lowest BCUT2D eigenvalue weighted by molar-refractivity contribution is -0.137. The Morgan fingerprint density at radius 3 is 2.36 bits per heavy atom. The number of para-hydroxylation sites is 1. The maximum Gasteiger partial charge on any atom is 0.418 e. The fourth-order valence-corrected chi connectivity index (χ4v) is 4.74. The van der Waals surface area contributed by atoms with Crippen molar-refractivity contribution in [2.75, 3.05) is 11.9 Å². The fraction of sp³-hybridized carbons (Fsp3) is 0.278. The molecule has 2 aromatic carbocycles. The molecule has 0 saturated carbocycles. The van der Waals surface area contributed by atoms with Crippen molar-refractivity contribution in [1.29, 1.82) is 0 Å². The molecular weight excluding hydrogens is 400 g/mol. The molecule has 0 bridgehead atoms. The topological polar surface area (TPSA) is 66.5 Å². The molecule has 1 aliphatic heterocycles. The van der Waals surface area contributed by atoms with E-state index >= 15 is 0 Å². The molecule has 1 heterocycles. The van der Waals surface area contributed by atoms with Gasteiger partial charge in [-0.05, 0) is 49.2 Å². The standard InChI is InChI=1S/C18H16F4N2O3S/c19-12-7-9-13(10-8-12)28(26,27)24-11-3-6-16(24)17(25)23-15-5-2-1-4-14(15)18(20,21)22/h1-2,4-5,7-10,16H,3,6,11H2,(H,23,25)/t16-/m0/s1. The summed E-state index contributed by atoms with van der Waals surface area (Å²) in [5.74, 6) is -1.46. The Bertz CT molecular complexity index is 975. The molecule has 0 radical (unpaired) electrons. The van der Waals surface area contributed by atoms with Crippen LogP contribution in [0.25, 0.3) is 0 Å². The number of alkyl halides is 3. The zero-order chi connectivity index (χ0) is 20.5. The van der Waals surface area contributed by atoms with E-state index in [1.807, 2.05) is 0 Å². The monoisotopic (exact) mass is 416 g/mol. The smallest absolute Gasteiger partial charge is 0.324 e. The lowest BCUT2D eigenvalue weighted by Crippen LogP contribution is -2.43. The predicted octanol–water partition coefficient (Wildman–Crippen LogP) is 3.64. The number of carbonyl (C=O) groups is 1. The average Bonchev–Trinajstić information content (AvgIpc) is 3.12. The summed E-state index contributed by atoms with van der Waals surface area (Å²) < 4.78 is 78.9. The number of nitrogens with one attached hydrogen (secondary N) is 1. The molecule has 0 unspecified atom stereocenters. The van der Waals surface area contributed by atoms with Crippen molar-refractivity contribution in [2.24, 2.45) is 0 Å². The summed E-state index contributed by atoms with van der Waals surface area (Å²) in [5, 5.41) is 2.20. The Kier molecular flexibility index (Phi) is 5.44. The molecule has 150 valence electrons. The van der Waals surface area contributed by atoms with Gasteiger partial charge in [0.05, 0.1) is 16.1 Å². The number of sulfonamides is 1. The highest BCUT2D eigenvalue weighted by Gasteiger charge is 2.40. The molecule has 1 fully saturated rings. The molecule has 1 atom stereocenters. The molecule has 0 spiro atoms. The maximum absolute atomic E-state index is 13.1. The zero-order valence-corrected chi connectivity index (χ0v) is 15.2. The summed E-state index contributed by atoms with van der Waals surface area (Å²) in [5.41, 5.74) is -1.46. The van der Waals surface area contributed by atoms with E-state index in [2.05, 4.69) is 5.32 Å². The zero-order valence-electron chi connectivity index (χ0n) is 14.4. The Labute approximate surface area is 159 Å². The van der Waals surface area contributed by atoms with Crippen molar-refractivity contribution < 1.29 is 30.8 Å². The van der Waals surface area contributed by atoms with E-state index in [-0.39, 0.29) is 17.9 Å². The van der Waals surface area contributed by atoms with Crippen LogP contribution in [0.4, 0.5) is 23.2 Å². The van der Waals surface area contributed by atoms with Gasteiger partial charge in [-0.1, -0.05) is 12.1 Å². The van der Waals surface area contributed by atoms with Gasteiger partial charge in [0.2, 0.25) is 15.9 Å². The highest BCUT2D eigenvalue weighted by Crippen LogP contribution is 2.35. The molecule has 0 aromatic heterocycles. The van der Waals surface area contributed by atoms with Crippen LogP contribution in [0.15, 0.2) is 53.4 Å². The third-order valence-electron chi connectivity index (χ3n) is 4.42. The molecule has 1 saturated heterocycles. The van der Waals surface area contributed by atoms with Crippen LogP contribution in [0.2, 0.25) is 0 Å². The first-order chi connectivity index (χ1) is 13.1. The van der Waals surface area contributed by atoms with Crippen molar-refractivity contribution in [3.8, 4) is 0 Å². The summed E-state index contributed by atoms with van der Waals surface area (Å²) >= 11 is 0. The van der Waals surface area contributed by atoms with Crippen LogP contribution in [-0.4, -0.2) is 31.2 Å².